The molecule has 1 fully saturated rings. The first-order chi connectivity index (χ1) is 12.4. The van der Waals surface area contributed by atoms with Gasteiger partial charge >= 0.3 is 6.03 Å². The number of amides is 2. The molecule has 0 aromatic heterocycles. The average Bonchev–Trinajstić information content (AvgIpc) is 2.62. The van der Waals surface area contributed by atoms with Crippen molar-refractivity contribution in [2.45, 2.75) is 11.8 Å². The number of urea groups is 1. The lowest BCUT2D eigenvalue weighted by molar-refractivity contribution is 0.184. The standard InChI is InChI=1S/C18H20FN3O3S/c1-14-4-2-6-16(12-14)20-18(23)21-8-10-22(11-9-21)26(24,25)17-7-3-5-15(19)13-17/h2-7,12-13H,8-11H2,1H3,(H,20,23). The van der Waals surface area contributed by atoms with Crippen molar-refractivity contribution in [1.29, 1.82) is 0 Å². The molecule has 0 unspecified atom stereocenters. The molecule has 8 heteroatoms. The fraction of sp³-hybridized carbons (Fsp3) is 0.278. The van der Waals surface area contributed by atoms with E-state index in [4.69, 9.17) is 0 Å². The second-order valence-corrected chi connectivity index (χ2v) is 8.09. The molecule has 2 aromatic rings. The Morgan fingerprint density at radius 2 is 1.73 bits per heavy atom. The minimum absolute atomic E-state index is 0.0739. The minimum Gasteiger partial charge on any atom is -0.322 e. The molecule has 26 heavy (non-hydrogen) atoms. The molecule has 2 amide bonds. The number of carbonyl (C=O) groups is 1. The van der Waals surface area contributed by atoms with Crippen molar-refractivity contribution in [3.63, 3.8) is 0 Å². The van der Waals surface area contributed by atoms with Gasteiger partial charge in [0.2, 0.25) is 10.0 Å². The summed E-state index contributed by atoms with van der Waals surface area (Å²) in [5.74, 6) is -0.595. The number of hydrogen-bond acceptors (Lipinski definition) is 3. The van der Waals surface area contributed by atoms with E-state index in [1.54, 1.807) is 11.0 Å². The van der Waals surface area contributed by atoms with Crippen LogP contribution in [0.25, 0.3) is 0 Å². The van der Waals surface area contributed by atoms with E-state index in [0.717, 1.165) is 11.6 Å². The van der Waals surface area contributed by atoms with Crippen molar-refractivity contribution in [1.82, 2.24) is 9.21 Å². The molecule has 1 aliphatic heterocycles. The number of carbonyl (C=O) groups excluding carboxylic acids is 1. The summed E-state index contributed by atoms with van der Waals surface area (Å²) in [6.07, 6.45) is 0. The number of nitrogens with zero attached hydrogens (tertiary/aromatic N) is 2. The lowest BCUT2D eigenvalue weighted by atomic mass is 10.2. The second-order valence-electron chi connectivity index (χ2n) is 6.15. The van der Waals surface area contributed by atoms with Gasteiger partial charge in [0.15, 0.2) is 0 Å². The third-order valence-corrected chi connectivity index (χ3v) is 6.12. The van der Waals surface area contributed by atoms with Gasteiger partial charge in [-0.25, -0.2) is 17.6 Å². The van der Waals surface area contributed by atoms with Gasteiger partial charge in [0.05, 0.1) is 4.90 Å². The Hall–Kier alpha value is -2.45. The van der Waals surface area contributed by atoms with Crippen LogP contribution in [0.5, 0.6) is 0 Å². The zero-order valence-corrected chi connectivity index (χ0v) is 15.2. The van der Waals surface area contributed by atoms with Gasteiger partial charge in [-0.2, -0.15) is 4.31 Å². The number of halogens is 1. The number of piperazine rings is 1. The Labute approximate surface area is 152 Å². The third-order valence-electron chi connectivity index (χ3n) is 4.23. The van der Waals surface area contributed by atoms with Crippen LogP contribution in [0.3, 0.4) is 0 Å². The molecule has 0 spiro atoms. The normalized spacial score (nSPS) is 15.7. The van der Waals surface area contributed by atoms with E-state index in [0.29, 0.717) is 5.69 Å². The molecule has 0 aliphatic carbocycles. The lowest BCUT2D eigenvalue weighted by Gasteiger charge is -2.34. The van der Waals surface area contributed by atoms with Crippen LogP contribution in [-0.4, -0.2) is 49.8 Å². The van der Waals surface area contributed by atoms with Crippen molar-refractivity contribution in [2.75, 3.05) is 31.5 Å². The Bertz CT molecular complexity index is 909. The minimum atomic E-state index is -3.76. The van der Waals surface area contributed by atoms with E-state index < -0.39 is 15.8 Å². The highest BCUT2D eigenvalue weighted by Crippen LogP contribution is 2.19. The molecule has 1 saturated heterocycles. The van der Waals surface area contributed by atoms with Crippen LogP contribution in [0.2, 0.25) is 0 Å². The number of anilines is 1. The van der Waals surface area contributed by atoms with Crippen LogP contribution in [-0.2, 0) is 10.0 Å². The monoisotopic (exact) mass is 377 g/mol. The van der Waals surface area contributed by atoms with E-state index in [1.165, 1.54) is 22.5 Å². The quantitative estimate of drug-likeness (QED) is 0.894. The van der Waals surface area contributed by atoms with Crippen LogP contribution < -0.4 is 5.32 Å². The molecular weight excluding hydrogens is 357 g/mol. The van der Waals surface area contributed by atoms with E-state index in [2.05, 4.69) is 5.32 Å². The smallest absolute Gasteiger partial charge is 0.321 e. The van der Waals surface area contributed by atoms with Crippen LogP contribution in [0.15, 0.2) is 53.4 Å². The summed E-state index contributed by atoms with van der Waals surface area (Å²) < 4.78 is 39.8. The first-order valence-electron chi connectivity index (χ1n) is 8.24. The van der Waals surface area contributed by atoms with Gasteiger partial charge in [-0.3, -0.25) is 0 Å². The van der Waals surface area contributed by atoms with E-state index in [9.17, 15) is 17.6 Å². The highest BCUT2D eigenvalue weighted by atomic mass is 32.2. The maximum Gasteiger partial charge on any atom is 0.321 e. The fourth-order valence-electron chi connectivity index (χ4n) is 2.83. The summed E-state index contributed by atoms with van der Waals surface area (Å²) in [5.41, 5.74) is 1.73. The average molecular weight is 377 g/mol. The molecule has 0 saturated carbocycles. The molecule has 6 nitrogen and oxygen atoms in total. The maximum atomic E-state index is 13.3. The first kappa shape index (κ1) is 18.3. The van der Waals surface area contributed by atoms with Crippen molar-refractivity contribution < 1.29 is 17.6 Å². The number of hydrogen-bond donors (Lipinski definition) is 1. The topological polar surface area (TPSA) is 69.7 Å². The lowest BCUT2D eigenvalue weighted by Crippen LogP contribution is -2.51. The van der Waals surface area contributed by atoms with Crippen molar-refractivity contribution in [2.24, 2.45) is 0 Å². The summed E-state index contributed by atoms with van der Waals surface area (Å²) in [7, 11) is -3.76. The Morgan fingerprint density at radius 3 is 2.38 bits per heavy atom. The predicted octanol–water partition coefficient (Wildman–Crippen LogP) is 2.67. The molecule has 0 atom stereocenters. The molecule has 0 bridgehead atoms. The summed E-state index contributed by atoms with van der Waals surface area (Å²) in [4.78, 5) is 13.8. The Kier molecular flexibility index (Phi) is 5.24. The van der Waals surface area contributed by atoms with Gasteiger partial charge in [0.25, 0.3) is 0 Å². The molecule has 0 radical (unpaired) electrons. The molecule has 138 valence electrons. The molecule has 1 heterocycles. The Morgan fingerprint density at radius 1 is 1.04 bits per heavy atom. The maximum absolute atomic E-state index is 13.3. The van der Waals surface area contributed by atoms with Gasteiger partial charge in [0, 0.05) is 31.9 Å². The highest BCUT2D eigenvalue weighted by molar-refractivity contribution is 7.89. The zero-order chi connectivity index (χ0) is 18.7. The summed E-state index contributed by atoms with van der Waals surface area (Å²) >= 11 is 0. The van der Waals surface area contributed by atoms with Crippen LogP contribution >= 0.6 is 0 Å². The molecular formula is C18H20FN3O3S. The second kappa shape index (κ2) is 7.43. The summed E-state index contributed by atoms with van der Waals surface area (Å²) in [6.45, 7) is 2.81. The van der Waals surface area contributed by atoms with Crippen LogP contribution in [0, 0.1) is 12.7 Å². The van der Waals surface area contributed by atoms with E-state index in [-0.39, 0.29) is 37.1 Å². The number of rotatable bonds is 3. The van der Waals surface area contributed by atoms with E-state index >= 15 is 0 Å². The molecule has 1 aliphatic rings. The fourth-order valence-corrected chi connectivity index (χ4v) is 4.29. The largest absolute Gasteiger partial charge is 0.322 e. The van der Waals surface area contributed by atoms with Crippen molar-refractivity contribution in [3.05, 3.63) is 59.9 Å². The third kappa shape index (κ3) is 4.03. The number of sulfonamides is 1. The van der Waals surface area contributed by atoms with Crippen molar-refractivity contribution in [3.8, 4) is 0 Å². The number of aryl methyl sites for hydroxylation is 1. The molecule has 3 rings (SSSR count). The predicted molar refractivity (Wildman–Crippen MR) is 96.9 cm³/mol. The van der Waals surface area contributed by atoms with Gasteiger partial charge in [-0.05, 0) is 42.8 Å². The molecule has 1 N–H and O–H groups in total. The first-order valence-corrected chi connectivity index (χ1v) is 9.68. The highest BCUT2D eigenvalue weighted by Gasteiger charge is 2.30. The van der Waals surface area contributed by atoms with Crippen LogP contribution in [0.4, 0.5) is 14.9 Å². The van der Waals surface area contributed by atoms with E-state index in [1.807, 2.05) is 25.1 Å². The van der Waals surface area contributed by atoms with Crippen LogP contribution in [0.1, 0.15) is 5.56 Å². The van der Waals surface area contributed by atoms with Gasteiger partial charge in [0.1, 0.15) is 5.82 Å². The summed E-state index contributed by atoms with van der Waals surface area (Å²) in [6, 6.07) is 12.1. The van der Waals surface area contributed by atoms with Crippen molar-refractivity contribution >= 4 is 21.7 Å². The SMILES string of the molecule is Cc1cccc(NC(=O)N2CCN(S(=O)(=O)c3cccc(F)c3)CC2)c1. The molecule has 2 aromatic carbocycles. The number of nitrogens with one attached hydrogen (secondary N) is 1. The zero-order valence-electron chi connectivity index (χ0n) is 14.4. The van der Waals surface area contributed by atoms with Gasteiger partial charge < -0.3 is 10.2 Å². The summed E-state index contributed by atoms with van der Waals surface area (Å²) in [5, 5.41) is 2.81. The van der Waals surface area contributed by atoms with Gasteiger partial charge in [-0.15, -0.1) is 0 Å². The van der Waals surface area contributed by atoms with Gasteiger partial charge in [-0.1, -0.05) is 18.2 Å². The number of benzene rings is 2. The Balaban J connectivity index is 1.62.